The minimum Gasteiger partial charge on any atom is -0.367 e. The Hall–Kier alpha value is -1.65. The first-order valence-electron chi connectivity index (χ1n) is 5.85. The summed E-state index contributed by atoms with van der Waals surface area (Å²) in [5.41, 5.74) is 0.958. The van der Waals surface area contributed by atoms with Crippen LogP contribution in [-0.4, -0.2) is 39.9 Å². The van der Waals surface area contributed by atoms with E-state index >= 15 is 0 Å². The molecule has 0 saturated heterocycles. The van der Waals surface area contributed by atoms with Crippen LogP contribution in [0.25, 0.3) is 0 Å². The molecule has 1 saturated carbocycles. The number of hydrogen-bond acceptors (Lipinski definition) is 4. The standard InChI is InChI=1S/C12H18N4O/c1-8-4-12(14-7-13-8)15-10-5-11(6-10)16(3)9(2)17/h4,7,10-11H,5-6H2,1-3H3,(H,13,14,15). The Morgan fingerprint density at radius 2 is 2.18 bits per heavy atom. The molecule has 1 aromatic rings. The zero-order valence-corrected chi connectivity index (χ0v) is 10.5. The van der Waals surface area contributed by atoms with Crippen molar-refractivity contribution >= 4 is 11.7 Å². The lowest BCUT2D eigenvalue weighted by atomic mass is 9.85. The Labute approximate surface area is 101 Å². The summed E-state index contributed by atoms with van der Waals surface area (Å²) in [5.74, 6) is 0.998. The highest BCUT2D eigenvalue weighted by atomic mass is 16.2. The number of anilines is 1. The maximum Gasteiger partial charge on any atom is 0.219 e. The second kappa shape index (κ2) is 4.69. The van der Waals surface area contributed by atoms with E-state index in [2.05, 4.69) is 15.3 Å². The molecule has 0 spiro atoms. The monoisotopic (exact) mass is 234 g/mol. The van der Waals surface area contributed by atoms with Gasteiger partial charge in [0.05, 0.1) is 0 Å². The summed E-state index contributed by atoms with van der Waals surface area (Å²) in [6, 6.07) is 2.71. The molecule has 1 amide bonds. The molecule has 0 bridgehead atoms. The molecule has 0 aliphatic heterocycles. The Balaban J connectivity index is 1.83. The Kier molecular flexibility index (Phi) is 3.26. The summed E-state index contributed by atoms with van der Waals surface area (Å²) in [4.78, 5) is 21.2. The van der Waals surface area contributed by atoms with Gasteiger partial charge in [0.25, 0.3) is 0 Å². The molecule has 1 fully saturated rings. The lowest BCUT2D eigenvalue weighted by molar-refractivity contribution is -0.131. The lowest BCUT2D eigenvalue weighted by Crippen LogP contribution is -2.50. The molecule has 1 heterocycles. The van der Waals surface area contributed by atoms with Crippen LogP contribution in [0.1, 0.15) is 25.5 Å². The van der Waals surface area contributed by atoms with Crippen LogP contribution in [0, 0.1) is 6.92 Å². The Bertz CT molecular complexity index is 415. The second-order valence-electron chi connectivity index (χ2n) is 4.64. The molecule has 17 heavy (non-hydrogen) atoms. The highest BCUT2D eigenvalue weighted by Gasteiger charge is 2.33. The number of aryl methyl sites for hydroxylation is 1. The van der Waals surface area contributed by atoms with E-state index in [1.54, 1.807) is 13.3 Å². The average molecular weight is 234 g/mol. The number of amides is 1. The summed E-state index contributed by atoms with van der Waals surface area (Å²) in [6.45, 7) is 3.55. The van der Waals surface area contributed by atoms with Crippen molar-refractivity contribution in [3.8, 4) is 0 Å². The van der Waals surface area contributed by atoms with Gasteiger partial charge in [0.2, 0.25) is 5.91 Å². The molecule has 0 radical (unpaired) electrons. The Morgan fingerprint density at radius 3 is 2.76 bits per heavy atom. The van der Waals surface area contributed by atoms with Crippen molar-refractivity contribution in [3.05, 3.63) is 18.1 Å². The molecule has 1 aliphatic rings. The van der Waals surface area contributed by atoms with Crippen molar-refractivity contribution in [1.29, 1.82) is 0 Å². The fourth-order valence-corrected chi connectivity index (χ4v) is 2.02. The van der Waals surface area contributed by atoms with Crippen molar-refractivity contribution in [2.24, 2.45) is 0 Å². The van der Waals surface area contributed by atoms with Gasteiger partial charge in [-0.15, -0.1) is 0 Å². The number of nitrogens with zero attached hydrogens (tertiary/aromatic N) is 3. The van der Waals surface area contributed by atoms with Crippen LogP contribution in [-0.2, 0) is 4.79 Å². The van der Waals surface area contributed by atoms with Crippen LogP contribution < -0.4 is 5.32 Å². The van der Waals surface area contributed by atoms with E-state index in [1.807, 2.05) is 24.9 Å². The maximum absolute atomic E-state index is 11.2. The van der Waals surface area contributed by atoms with E-state index in [9.17, 15) is 4.79 Å². The second-order valence-corrected chi connectivity index (χ2v) is 4.64. The fraction of sp³-hybridized carbons (Fsp3) is 0.583. The number of hydrogen-bond donors (Lipinski definition) is 1. The molecule has 0 aromatic carbocycles. The number of nitrogens with one attached hydrogen (secondary N) is 1. The third-order valence-corrected chi connectivity index (χ3v) is 3.31. The van der Waals surface area contributed by atoms with Gasteiger partial charge in [-0.1, -0.05) is 0 Å². The normalized spacial score (nSPS) is 22.8. The maximum atomic E-state index is 11.2. The van der Waals surface area contributed by atoms with Gasteiger partial charge in [0.1, 0.15) is 12.1 Å². The first-order chi connectivity index (χ1) is 8.06. The van der Waals surface area contributed by atoms with E-state index < -0.39 is 0 Å². The number of rotatable bonds is 3. The lowest BCUT2D eigenvalue weighted by Gasteiger charge is -2.41. The minimum atomic E-state index is 0.131. The van der Waals surface area contributed by atoms with Crippen LogP contribution in [0.4, 0.5) is 5.82 Å². The fourth-order valence-electron chi connectivity index (χ4n) is 2.02. The molecule has 5 nitrogen and oxygen atoms in total. The van der Waals surface area contributed by atoms with Crippen LogP contribution in [0.3, 0.4) is 0 Å². The van der Waals surface area contributed by atoms with Crippen molar-refractivity contribution in [1.82, 2.24) is 14.9 Å². The van der Waals surface area contributed by atoms with Crippen molar-refractivity contribution < 1.29 is 4.79 Å². The van der Waals surface area contributed by atoms with Gasteiger partial charge >= 0.3 is 0 Å². The topological polar surface area (TPSA) is 58.1 Å². The van der Waals surface area contributed by atoms with E-state index in [0.717, 1.165) is 24.4 Å². The molecule has 1 aromatic heterocycles. The summed E-state index contributed by atoms with van der Waals surface area (Å²) < 4.78 is 0. The van der Waals surface area contributed by atoms with Gasteiger partial charge in [-0.05, 0) is 19.8 Å². The highest BCUT2D eigenvalue weighted by molar-refractivity contribution is 5.73. The van der Waals surface area contributed by atoms with Gasteiger partial charge in [0.15, 0.2) is 0 Å². The molecule has 0 unspecified atom stereocenters. The summed E-state index contributed by atoms with van der Waals surface area (Å²) >= 11 is 0. The molecule has 92 valence electrons. The summed E-state index contributed by atoms with van der Waals surface area (Å²) in [7, 11) is 1.86. The van der Waals surface area contributed by atoms with Gasteiger partial charge in [0, 0.05) is 37.8 Å². The van der Waals surface area contributed by atoms with Crippen LogP contribution in [0.15, 0.2) is 12.4 Å². The van der Waals surface area contributed by atoms with Gasteiger partial charge in [-0.2, -0.15) is 0 Å². The van der Waals surface area contributed by atoms with Crippen molar-refractivity contribution in [3.63, 3.8) is 0 Å². The van der Waals surface area contributed by atoms with E-state index in [0.29, 0.717) is 12.1 Å². The molecule has 1 aliphatic carbocycles. The van der Waals surface area contributed by atoms with E-state index in [1.165, 1.54) is 0 Å². The van der Waals surface area contributed by atoms with Gasteiger partial charge in [-0.25, -0.2) is 9.97 Å². The Morgan fingerprint density at radius 1 is 1.47 bits per heavy atom. The SMILES string of the molecule is CC(=O)N(C)C1CC(Nc2cc(C)ncn2)C1. The van der Waals surface area contributed by atoms with Crippen molar-refractivity contribution in [2.45, 2.75) is 38.8 Å². The zero-order valence-electron chi connectivity index (χ0n) is 10.5. The van der Waals surface area contributed by atoms with Gasteiger partial charge < -0.3 is 10.2 Å². The third-order valence-electron chi connectivity index (χ3n) is 3.31. The summed E-state index contributed by atoms with van der Waals surface area (Å²) in [5, 5.41) is 3.35. The largest absolute Gasteiger partial charge is 0.367 e. The van der Waals surface area contributed by atoms with Crippen LogP contribution in [0.2, 0.25) is 0 Å². The smallest absolute Gasteiger partial charge is 0.219 e. The quantitative estimate of drug-likeness (QED) is 0.854. The first-order valence-corrected chi connectivity index (χ1v) is 5.85. The number of carbonyl (C=O) groups excluding carboxylic acids is 1. The van der Waals surface area contributed by atoms with Crippen LogP contribution >= 0.6 is 0 Å². The molecule has 2 rings (SSSR count). The molecule has 0 atom stereocenters. The highest BCUT2D eigenvalue weighted by Crippen LogP contribution is 2.27. The predicted molar refractivity (Wildman–Crippen MR) is 65.6 cm³/mol. The summed E-state index contributed by atoms with van der Waals surface area (Å²) in [6.07, 6.45) is 3.54. The van der Waals surface area contributed by atoms with E-state index in [-0.39, 0.29) is 5.91 Å². The molecule has 5 heteroatoms. The molecular formula is C12H18N4O. The van der Waals surface area contributed by atoms with E-state index in [4.69, 9.17) is 0 Å². The predicted octanol–water partition coefficient (Wildman–Crippen LogP) is 1.21. The van der Waals surface area contributed by atoms with Crippen LogP contribution in [0.5, 0.6) is 0 Å². The third kappa shape index (κ3) is 2.72. The average Bonchev–Trinajstić information content (AvgIpc) is 2.22. The van der Waals surface area contributed by atoms with Crippen molar-refractivity contribution in [2.75, 3.05) is 12.4 Å². The molecular weight excluding hydrogens is 216 g/mol. The number of carbonyl (C=O) groups is 1. The number of aromatic nitrogens is 2. The molecule has 1 N–H and O–H groups in total. The van der Waals surface area contributed by atoms with Gasteiger partial charge in [-0.3, -0.25) is 4.79 Å². The minimum absolute atomic E-state index is 0.131. The first kappa shape index (κ1) is 11.8. The zero-order chi connectivity index (χ0) is 12.4.